The number of piperidine rings is 1. The molecule has 0 aromatic heterocycles. The summed E-state index contributed by atoms with van der Waals surface area (Å²) in [5.74, 6) is -1.69. The van der Waals surface area contributed by atoms with Gasteiger partial charge in [-0.15, -0.1) is 0 Å². The van der Waals surface area contributed by atoms with Gasteiger partial charge in [-0.1, -0.05) is 15.9 Å². The van der Waals surface area contributed by atoms with E-state index >= 15 is 0 Å². The van der Waals surface area contributed by atoms with E-state index in [9.17, 15) is 13.6 Å². The Balaban J connectivity index is 2.16. The van der Waals surface area contributed by atoms with Gasteiger partial charge in [0.15, 0.2) is 0 Å². The fraction of sp³-hybridized carbons (Fsp3) is 0.417. The Morgan fingerprint density at radius 2 is 1.94 bits per heavy atom. The lowest BCUT2D eigenvalue weighted by atomic mass is 10.1. The number of hydrogen-bond donors (Lipinski definition) is 0. The molecule has 0 bridgehead atoms. The lowest BCUT2D eigenvalue weighted by Crippen LogP contribution is -2.39. The number of likely N-dealkylation sites (tertiary alicyclic amines) is 1. The van der Waals surface area contributed by atoms with Crippen molar-refractivity contribution in [1.29, 1.82) is 0 Å². The minimum absolute atomic E-state index is 0.182. The molecule has 92 valence electrons. The molecule has 0 saturated carbocycles. The van der Waals surface area contributed by atoms with E-state index in [4.69, 9.17) is 0 Å². The van der Waals surface area contributed by atoms with Crippen LogP contribution in [0.4, 0.5) is 8.78 Å². The van der Waals surface area contributed by atoms with E-state index in [0.29, 0.717) is 17.9 Å². The molecule has 0 atom stereocenters. The molecule has 1 aliphatic rings. The lowest BCUT2D eigenvalue weighted by molar-refractivity contribution is 0.0723. The van der Waals surface area contributed by atoms with Crippen molar-refractivity contribution in [2.45, 2.75) is 17.7 Å². The van der Waals surface area contributed by atoms with Crippen molar-refractivity contribution in [2.75, 3.05) is 13.1 Å². The van der Waals surface area contributed by atoms with Gasteiger partial charge in [0, 0.05) is 17.9 Å². The highest BCUT2D eigenvalue weighted by Crippen LogP contribution is 2.20. The molecule has 17 heavy (non-hydrogen) atoms. The third kappa shape index (κ3) is 2.83. The zero-order valence-electron chi connectivity index (χ0n) is 9.13. The molecule has 1 aromatic rings. The number of carbonyl (C=O) groups is 1. The molecule has 1 fully saturated rings. The Kier molecular flexibility index (Phi) is 3.76. The number of halogens is 3. The summed E-state index contributed by atoms with van der Waals surface area (Å²) >= 11 is 3.48. The summed E-state index contributed by atoms with van der Waals surface area (Å²) in [7, 11) is 0. The molecule has 0 unspecified atom stereocenters. The van der Waals surface area contributed by atoms with Gasteiger partial charge in [-0.2, -0.15) is 0 Å². The average Bonchev–Trinajstić information content (AvgIpc) is 2.32. The maximum Gasteiger partial charge on any atom is 0.256 e. The first-order valence-electron chi connectivity index (χ1n) is 5.46. The number of amides is 1. The van der Waals surface area contributed by atoms with Gasteiger partial charge < -0.3 is 4.90 Å². The van der Waals surface area contributed by atoms with Crippen molar-refractivity contribution in [2.24, 2.45) is 0 Å². The summed E-state index contributed by atoms with van der Waals surface area (Å²) in [6.45, 7) is 1.15. The molecule has 5 heteroatoms. The smallest absolute Gasteiger partial charge is 0.256 e. The minimum atomic E-state index is -0.669. The predicted molar refractivity (Wildman–Crippen MR) is 64.2 cm³/mol. The second-order valence-corrected chi connectivity index (χ2v) is 5.39. The summed E-state index contributed by atoms with van der Waals surface area (Å²) in [4.78, 5) is 14.0. The van der Waals surface area contributed by atoms with Gasteiger partial charge in [-0.05, 0) is 31.0 Å². The highest BCUT2D eigenvalue weighted by atomic mass is 79.9. The first kappa shape index (κ1) is 12.5. The highest BCUT2D eigenvalue weighted by molar-refractivity contribution is 9.09. The molecule has 1 aromatic carbocycles. The number of carbonyl (C=O) groups excluding carboxylic acids is 1. The average molecular weight is 304 g/mol. The highest BCUT2D eigenvalue weighted by Gasteiger charge is 2.24. The first-order valence-corrected chi connectivity index (χ1v) is 6.38. The van der Waals surface area contributed by atoms with Crippen molar-refractivity contribution in [3.8, 4) is 0 Å². The van der Waals surface area contributed by atoms with Crippen LogP contribution in [0.25, 0.3) is 0 Å². The molecule has 1 saturated heterocycles. The second kappa shape index (κ2) is 5.12. The standard InChI is InChI=1S/C12H12BrF2NO/c13-8-3-5-16(6-4-8)12(17)10-7-9(14)1-2-11(10)15/h1-2,7-8H,3-6H2. The largest absolute Gasteiger partial charge is 0.338 e. The van der Waals surface area contributed by atoms with E-state index in [0.717, 1.165) is 31.0 Å². The summed E-state index contributed by atoms with van der Waals surface area (Å²) in [5.41, 5.74) is -0.182. The van der Waals surface area contributed by atoms with Crippen LogP contribution in [0, 0.1) is 11.6 Å². The van der Waals surface area contributed by atoms with E-state index < -0.39 is 17.5 Å². The summed E-state index contributed by atoms with van der Waals surface area (Å²) < 4.78 is 26.4. The van der Waals surface area contributed by atoms with E-state index in [1.165, 1.54) is 0 Å². The maximum atomic E-state index is 13.4. The number of benzene rings is 1. The van der Waals surface area contributed by atoms with Crippen LogP contribution in [-0.4, -0.2) is 28.7 Å². The predicted octanol–water partition coefficient (Wildman–Crippen LogP) is 2.96. The number of nitrogens with zero attached hydrogens (tertiary/aromatic N) is 1. The second-order valence-electron chi connectivity index (χ2n) is 4.09. The van der Waals surface area contributed by atoms with Crippen molar-refractivity contribution in [3.05, 3.63) is 35.4 Å². The molecule has 1 heterocycles. The van der Waals surface area contributed by atoms with Crippen LogP contribution in [-0.2, 0) is 0 Å². The van der Waals surface area contributed by atoms with Crippen LogP contribution >= 0.6 is 15.9 Å². The normalized spacial score (nSPS) is 17.2. The molecular formula is C12H12BrF2NO. The minimum Gasteiger partial charge on any atom is -0.338 e. The van der Waals surface area contributed by atoms with E-state index in [2.05, 4.69) is 15.9 Å². The molecule has 0 N–H and O–H groups in total. The van der Waals surface area contributed by atoms with Crippen LogP contribution < -0.4 is 0 Å². The van der Waals surface area contributed by atoms with E-state index in [-0.39, 0.29) is 5.56 Å². The van der Waals surface area contributed by atoms with Crippen LogP contribution in [0.5, 0.6) is 0 Å². The lowest BCUT2D eigenvalue weighted by Gasteiger charge is -2.29. The third-order valence-corrected chi connectivity index (χ3v) is 3.79. The van der Waals surface area contributed by atoms with Crippen molar-refractivity contribution in [3.63, 3.8) is 0 Å². The van der Waals surface area contributed by atoms with Gasteiger partial charge in [-0.25, -0.2) is 8.78 Å². The van der Waals surface area contributed by atoms with Gasteiger partial charge in [0.25, 0.3) is 5.91 Å². The molecule has 0 spiro atoms. The molecule has 2 nitrogen and oxygen atoms in total. The van der Waals surface area contributed by atoms with E-state index in [1.54, 1.807) is 4.90 Å². The van der Waals surface area contributed by atoms with Gasteiger partial charge in [-0.3, -0.25) is 4.79 Å². The van der Waals surface area contributed by atoms with Gasteiger partial charge in [0.05, 0.1) is 5.56 Å². The Hall–Kier alpha value is -0.970. The zero-order valence-corrected chi connectivity index (χ0v) is 10.7. The monoisotopic (exact) mass is 303 g/mol. The summed E-state index contributed by atoms with van der Waals surface area (Å²) in [6, 6.07) is 2.95. The van der Waals surface area contributed by atoms with Crippen LogP contribution in [0.3, 0.4) is 0 Å². The maximum absolute atomic E-state index is 13.4. The molecule has 0 radical (unpaired) electrons. The van der Waals surface area contributed by atoms with Gasteiger partial charge >= 0.3 is 0 Å². The Morgan fingerprint density at radius 1 is 1.29 bits per heavy atom. The van der Waals surface area contributed by atoms with Crippen LogP contribution in [0.1, 0.15) is 23.2 Å². The van der Waals surface area contributed by atoms with Crippen LogP contribution in [0.2, 0.25) is 0 Å². The topological polar surface area (TPSA) is 20.3 Å². The fourth-order valence-corrected chi connectivity index (χ4v) is 2.29. The Labute approximate surface area is 107 Å². The SMILES string of the molecule is O=C(c1cc(F)ccc1F)N1CCC(Br)CC1. The molecule has 0 aliphatic carbocycles. The molecule has 1 aliphatic heterocycles. The molecular weight excluding hydrogens is 292 g/mol. The van der Waals surface area contributed by atoms with E-state index in [1.807, 2.05) is 0 Å². The molecule has 2 rings (SSSR count). The Morgan fingerprint density at radius 3 is 2.59 bits per heavy atom. The third-order valence-electron chi connectivity index (χ3n) is 2.87. The van der Waals surface area contributed by atoms with Gasteiger partial charge in [0.2, 0.25) is 0 Å². The van der Waals surface area contributed by atoms with Crippen molar-refractivity contribution < 1.29 is 13.6 Å². The van der Waals surface area contributed by atoms with Gasteiger partial charge in [0.1, 0.15) is 11.6 Å². The number of hydrogen-bond acceptors (Lipinski definition) is 1. The summed E-state index contributed by atoms with van der Waals surface area (Å²) in [6.07, 6.45) is 1.67. The first-order chi connectivity index (χ1) is 8.08. The quantitative estimate of drug-likeness (QED) is 0.731. The fourth-order valence-electron chi connectivity index (χ4n) is 1.88. The molecule has 1 amide bonds. The zero-order chi connectivity index (χ0) is 12.4. The number of rotatable bonds is 1. The summed E-state index contributed by atoms with van der Waals surface area (Å²) in [5, 5.41) is 0. The van der Waals surface area contributed by atoms with Crippen molar-refractivity contribution >= 4 is 21.8 Å². The number of alkyl halides is 1. The van der Waals surface area contributed by atoms with Crippen molar-refractivity contribution in [1.82, 2.24) is 4.90 Å². The van der Waals surface area contributed by atoms with Crippen LogP contribution in [0.15, 0.2) is 18.2 Å². The Bertz CT molecular complexity index is 431.